The Labute approximate surface area is 112 Å². The van der Waals surface area contributed by atoms with Gasteiger partial charge in [0.25, 0.3) is 0 Å². The summed E-state index contributed by atoms with van der Waals surface area (Å²) in [5.41, 5.74) is 1.17. The van der Waals surface area contributed by atoms with Gasteiger partial charge in [-0.05, 0) is 24.1 Å². The van der Waals surface area contributed by atoms with E-state index in [0.29, 0.717) is 10.7 Å². The number of rotatable bonds is 6. The first-order chi connectivity index (χ1) is 8.17. The Morgan fingerprint density at radius 1 is 1.12 bits per heavy atom. The van der Waals surface area contributed by atoms with Crippen LogP contribution in [0.4, 0.5) is 0 Å². The summed E-state index contributed by atoms with van der Waals surface area (Å²) < 4.78 is 10.7. The Kier molecular flexibility index (Phi) is 5.83. The molecule has 0 bridgehead atoms. The van der Waals surface area contributed by atoms with Crippen LogP contribution in [0.1, 0.15) is 37.1 Å². The highest BCUT2D eigenvalue weighted by Gasteiger charge is 2.21. The van der Waals surface area contributed by atoms with Gasteiger partial charge in [0.2, 0.25) is 0 Å². The van der Waals surface area contributed by atoms with E-state index in [-0.39, 0.29) is 0 Å². The first-order valence-electron chi connectivity index (χ1n) is 6.03. The van der Waals surface area contributed by atoms with Crippen LogP contribution in [0.2, 0.25) is 0 Å². The van der Waals surface area contributed by atoms with Gasteiger partial charge in [-0.15, -0.1) is 0 Å². The van der Waals surface area contributed by atoms with Crippen molar-refractivity contribution in [2.45, 2.75) is 31.5 Å². The maximum atomic E-state index is 5.42. The lowest BCUT2D eigenvalue weighted by atomic mass is 9.94. The van der Waals surface area contributed by atoms with Crippen LogP contribution in [0.3, 0.4) is 0 Å². The Balaban J connectivity index is 3.08. The number of hydrogen-bond acceptors (Lipinski definition) is 2. The summed E-state index contributed by atoms with van der Waals surface area (Å²) in [6, 6.07) is 5.94. The molecule has 3 heteroatoms. The summed E-state index contributed by atoms with van der Waals surface area (Å²) in [5, 5.41) is 0. The first kappa shape index (κ1) is 14.4. The molecule has 0 saturated carbocycles. The Bertz CT molecular complexity index is 348. The minimum Gasteiger partial charge on any atom is -0.497 e. The molecule has 1 rings (SSSR count). The lowest BCUT2D eigenvalue weighted by Crippen LogP contribution is -2.07. The number of benzene rings is 1. The average Bonchev–Trinajstić information content (AvgIpc) is 2.39. The average molecular weight is 301 g/mol. The molecule has 1 unspecified atom stereocenters. The highest BCUT2D eigenvalue weighted by atomic mass is 79.9. The lowest BCUT2D eigenvalue weighted by molar-refractivity contribution is 0.391. The third-order valence-corrected chi connectivity index (χ3v) is 4.44. The van der Waals surface area contributed by atoms with Gasteiger partial charge in [0.1, 0.15) is 11.5 Å². The number of methoxy groups -OCH3 is 2. The molecule has 17 heavy (non-hydrogen) atoms. The number of hydrogen-bond donors (Lipinski definition) is 0. The molecule has 0 amide bonds. The summed E-state index contributed by atoms with van der Waals surface area (Å²) in [6.07, 6.45) is 2.29. The van der Waals surface area contributed by atoms with Gasteiger partial charge >= 0.3 is 0 Å². The first-order valence-corrected chi connectivity index (χ1v) is 6.95. The molecule has 96 valence electrons. The summed E-state index contributed by atoms with van der Waals surface area (Å²) in [6.45, 7) is 4.43. The topological polar surface area (TPSA) is 18.5 Å². The Hall–Kier alpha value is -0.700. The van der Waals surface area contributed by atoms with Crippen LogP contribution >= 0.6 is 15.9 Å². The van der Waals surface area contributed by atoms with Gasteiger partial charge in [-0.1, -0.05) is 42.6 Å². The Morgan fingerprint density at radius 3 is 2.24 bits per heavy atom. The van der Waals surface area contributed by atoms with E-state index in [1.54, 1.807) is 14.2 Å². The molecule has 0 N–H and O–H groups in total. The number of alkyl halides is 1. The zero-order chi connectivity index (χ0) is 12.8. The smallest absolute Gasteiger partial charge is 0.123 e. The molecule has 0 aliphatic rings. The van der Waals surface area contributed by atoms with Crippen LogP contribution in [0.25, 0.3) is 0 Å². The zero-order valence-corrected chi connectivity index (χ0v) is 12.6. The van der Waals surface area contributed by atoms with Crippen molar-refractivity contribution in [2.24, 2.45) is 5.92 Å². The second-order valence-electron chi connectivity index (χ2n) is 4.09. The van der Waals surface area contributed by atoms with Crippen LogP contribution in [-0.2, 0) is 0 Å². The molecule has 0 fully saturated rings. The van der Waals surface area contributed by atoms with Gasteiger partial charge in [-0.3, -0.25) is 0 Å². The summed E-state index contributed by atoms with van der Waals surface area (Å²) in [5.74, 6) is 2.40. The van der Waals surface area contributed by atoms with Crippen molar-refractivity contribution < 1.29 is 9.47 Å². The van der Waals surface area contributed by atoms with Gasteiger partial charge in [0.05, 0.1) is 14.2 Å². The van der Waals surface area contributed by atoms with Crippen LogP contribution in [0.5, 0.6) is 11.5 Å². The molecule has 1 aromatic carbocycles. The molecule has 0 aromatic heterocycles. The molecule has 1 atom stereocenters. The van der Waals surface area contributed by atoms with Gasteiger partial charge in [0.15, 0.2) is 0 Å². The standard InChI is InChI=1S/C14H21BrO2/c1-5-10(6-2)14(15)12-9-11(16-3)7-8-13(12)17-4/h7-10,14H,5-6H2,1-4H3. The molecule has 0 saturated heterocycles. The minimum atomic E-state index is 0.308. The fourth-order valence-corrected chi connectivity index (χ4v) is 3.12. The van der Waals surface area contributed by atoms with Crippen LogP contribution in [-0.4, -0.2) is 14.2 Å². The molecule has 0 heterocycles. The van der Waals surface area contributed by atoms with Crippen LogP contribution < -0.4 is 9.47 Å². The van der Waals surface area contributed by atoms with Crippen molar-refractivity contribution in [2.75, 3.05) is 14.2 Å². The summed E-state index contributed by atoms with van der Waals surface area (Å²) in [4.78, 5) is 0.308. The van der Waals surface area contributed by atoms with Crippen molar-refractivity contribution in [1.29, 1.82) is 0 Å². The Morgan fingerprint density at radius 2 is 1.76 bits per heavy atom. The van der Waals surface area contributed by atoms with E-state index in [4.69, 9.17) is 9.47 Å². The summed E-state index contributed by atoms with van der Waals surface area (Å²) >= 11 is 3.79. The van der Waals surface area contributed by atoms with Crippen LogP contribution in [0.15, 0.2) is 18.2 Å². The largest absolute Gasteiger partial charge is 0.497 e. The van der Waals surface area contributed by atoms with Crippen molar-refractivity contribution in [3.05, 3.63) is 23.8 Å². The van der Waals surface area contributed by atoms with Gasteiger partial charge in [-0.25, -0.2) is 0 Å². The van der Waals surface area contributed by atoms with Crippen molar-refractivity contribution in [3.63, 3.8) is 0 Å². The maximum Gasteiger partial charge on any atom is 0.123 e. The van der Waals surface area contributed by atoms with Crippen LogP contribution in [0, 0.1) is 5.92 Å². The third-order valence-electron chi connectivity index (χ3n) is 3.20. The second-order valence-corrected chi connectivity index (χ2v) is 5.07. The van der Waals surface area contributed by atoms with E-state index in [1.807, 2.05) is 12.1 Å². The quantitative estimate of drug-likeness (QED) is 0.716. The molecular weight excluding hydrogens is 280 g/mol. The molecule has 0 spiro atoms. The van der Waals surface area contributed by atoms with Gasteiger partial charge in [0, 0.05) is 10.4 Å². The highest BCUT2D eigenvalue weighted by molar-refractivity contribution is 9.09. The molecular formula is C14H21BrO2. The lowest BCUT2D eigenvalue weighted by Gasteiger charge is -2.22. The van der Waals surface area contributed by atoms with E-state index in [0.717, 1.165) is 24.3 Å². The second kappa shape index (κ2) is 6.90. The molecule has 0 radical (unpaired) electrons. The normalized spacial score (nSPS) is 12.6. The minimum absolute atomic E-state index is 0.308. The SMILES string of the molecule is CCC(CC)C(Br)c1cc(OC)ccc1OC. The van der Waals surface area contributed by atoms with E-state index < -0.39 is 0 Å². The van der Waals surface area contributed by atoms with Gasteiger partial charge in [-0.2, -0.15) is 0 Å². The number of ether oxygens (including phenoxy) is 2. The monoisotopic (exact) mass is 300 g/mol. The highest BCUT2D eigenvalue weighted by Crippen LogP contribution is 2.41. The fourth-order valence-electron chi connectivity index (χ4n) is 2.01. The fraction of sp³-hybridized carbons (Fsp3) is 0.571. The third kappa shape index (κ3) is 3.38. The van der Waals surface area contributed by atoms with Gasteiger partial charge < -0.3 is 9.47 Å². The van der Waals surface area contributed by atoms with Crippen molar-refractivity contribution >= 4 is 15.9 Å². The predicted octanol–water partition coefficient (Wildman–Crippen LogP) is 4.58. The van der Waals surface area contributed by atoms with Crippen molar-refractivity contribution in [1.82, 2.24) is 0 Å². The molecule has 0 aliphatic heterocycles. The summed E-state index contributed by atoms with van der Waals surface area (Å²) in [7, 11) is 3.39. The predicted molar refractivity (Wildman–Crippen MR) is 75.3 cm³/mol. The zero-order valence-electron chi connectivity index (χ0n) is 11.0. The van der Waals surface area contributed by atoms with E-state index in [2.05, 4.69) is 35.8 Å². The molecule has 2 nitrogen and oxygen atoms in total. The maximum absolute atomic E-state index is 5.42. The number of halogens is 1. The van der Waals surface area contributed by atoms with E-state index in [9.17, 15) is 0 Å². The molecule has 1 aromatic rings. The van der Waals surface area contributed by atoms with Crippen molar-refractivity contribution in [3.8, 4) is 11.5 Å². The van der Waals surface area contributed by atoms with E-state index >= 15 is 0 Å². The van der Waals surface area contributed by atoms with E-state index in [1.165, 1.54) is 5.56 Å². The molecule has 0 aliphatic carbocycles.